The monoisotopic (exact) mass is 320 g/mol. The van der Waals surface area contributed by atoms with Gasteiger partial charge >= 0.3 is 5.76 Å². The molecule has 21 heavy (non-hydrogen) atoms. The predicted octanol–water partition coefficient (Wildman–Crippen LogP) is 1.99. The van der Waals surface area contributed by atoms with Crippen molar-refractivity contribution in [3.8, 4) is 0 Å². The van der Waals surface area contributed by atoms with E-state index in [4.69, 9.17) is 5.73 Å². The molecule has 0 spiro atoms. The minimum atomic E-state index is -4.63. The van der Waals surface area contributed by atoms with Crippen molar-refractivity contribution in [1.29, 1.82) is 0 Å². The summed E-state index contributed by atoms with van der Waals surface area (Å²) in [6, 6.07) is 3.84. The van der Waals surface area contributed by atoms with Crippen LogP contribution in [0.1, 0.15) is 20.3 Å². The van der Waals surface area contributed by atoms with Crippen LogP contribution < -0.4 is 11.1 Å². The highest BCUT2D eigenvalue weighted by atomic mass is 32.2. The molecule has 1 rings (SSSR count). The summed E-state index contributed by atoms with van der Waals surface area (Å²) in [5.74, 6) is -3.89. The Morgan fingerprint density at radius 3 is 2.24 bits per heavy atom. The molecule has 1 unspecified atom stereocenters. The van der Waals surface area contributed by atoms with Crippen LogP contribution in [0.2, 0.25) is 0 Å². The number of carbonyl (C=O) groups is 1. The Kier molecular flexibility index (Phi) is 5.79. The van der Waals surface area contributed by atoms with E-state index in [0.717, 1.165) is 18.6 Å². The van der Waals surface area contributed by atoms with E-state index in [1.807, 2.05) is 13.8 Å². The molecule has 0 aliphatic rings. The first-order valence-corrected chi connectivity index (χ1v) is 7.93. The molecule has 5 nitrogen and oxygen atoms in total. The molecule has 1 aromatic carbocycles. The van der Waals surface area contributed by atoms with Gasteiger partial charge in [-0.3, -0.25) is 4.79 Å². The van der Waals surface area contributed by atoms with Gasteiger partial charge in [0.2, 0.25) is 15.7 Å². The third-order valence-electron chi connectivity index (χ3n) is 3.24. The van der Waals surface area contributed by atoms with Gasteiger partial charge in [0.25, 0.3) is 0 Å². The number of rotatable bonds is 6. The molecule has 1 amide bonds. The maximum atomic E-state index is 12.4. The second kappa shape index (κ2) is 6.95. The topological polar surface area (TPSA) is 89.3 Å². The number of carbonyl (C=O) groups excluding carboxylic acids is 1. The van der Waals surface area contributed by atoms with Crippen molar-refractivity contribution in [2.45, 2.75) is 37.0 Å². The van der Waals surface area contributed by atoms with Gasteiger partial charge in [0.15, 0.2) is 0 Å². The number of amides is 1. The fourth-order valence-electron chi connectivity index (χ4n) is 1.57. The van der Waals surface area contributed by atoms with Crippen molar-refractivity contribution in [3.63, 3.8) is 0 Å². The second-order valence-corrected chi connectivity index (χ2v) is 6.65. The van der Waals surface area contributed by atoms with Crippen LogP contribution >= 0.6 is 0 Å². The molecule has 0 radical (unpaired) electrons. The minimum Gasteiger partial charge on any atom is -0.325 e. The first-order chi connectivity index (χ1) is 9.70. The Morgan fingerprint density at radius 2 is 1.81 bits per heavy atom. The zero-order chi connectivity index (χ0) is 16.2. The van der Waals surface area contributed by atoms with Crippen LogP contribution in [0.25, 0.3) is 0 Å². The number of hydrogen-bond acceptors (Lipinski definition) is 4. The van der Waals surface area contributed by atoms with Gasteiger partial charge in [-0.25, -0.2) is 8.42 Å². The fraction of sp³-hybridized carbons (Fsp3) is 0.462. The normalized spacial score (nSPS) is 14.8. The summed E-state index contributed by atoms with van der Waals surface area (Å²) in [6.45, 7) is 3.74. The summed E-state index contributed by atoms with van der Waals surface area (Å²) in [7, 11) is -4.63. The standard InChI is InChI=1S/C13H18F2N2O3S/c1-3-8(2)11(16)12(18)17-9-4-6-10(7-5-9)21(19,20)13(14)15/h4-8,11,13H,3,16H2,1-2H3,(H,17,18)/t8?,11-/m0/s1. The van der Waals surface area contributed by atoms with E-state index in [2.05, 4.69) is 5.32 Å². The lowest BCUT2D eigenvalue weighted by Crippen LogP contribution is -2.40. The molecule has 3 N–H and O–H groups in total. The third-order valence-corrected chi connectivity index (χ3v) is 4.64. The van der Waals surface area contributed by atoms with E-state index < -0.39 is 32.4 Å². The molecular formula is C13H18F2N2O3S. The largest absolute Gasteiger partial charge is 0.341 e. The third kappa shape index (κ3) is 4.21. The predicted molar refractivity (Wildman–Crippen MR) is 75.7 cm³/mol. The Balaban J connectivity index is 2.83. The van der Waals surface area contributed by atoms with Crippen LogP contribution in [0.15, 0.2) is 29.2 Å². The Hall–Kier alpha value is -1.54. The highest BCUT2D eigenvalue weighted by Gasteiger charge is 2.26. The van der Waals surface area contributed by atoms with Crippen LogP contribution in [-0.2, 0) is 14.6 Å². The van der Waals surface area contributed by atoms with Crippen LogP contribution in [0.5, 0.6) is 0 Å². The van der Waals surface area contributed by atoms with E-state index in [-0.39, 0.29) is 5.92 Å². The first-order valence-electron chi connectivity index (χ1n) is 6.38. The Bertz CT molecular complexity index is 588. The molecule has 0 saturated heterocycles. The number of alkyl halides is 2. The molecule has 1 aromatic rings. The number of anilines is 1. The fourth-order valence-corrected chi connectivity index (χ4v) is 2.29. The van der Waals surface area contributed by atoms with Crippen LogP contribution in [-0.4, -0.2) is 26.1 Å². The summed E-state index contributed by atoms with van der Waals surface area (Å²) in [4.78, 5) is 11.3. The number of halogens is 2. The lowest BCUT2D eigenvalue weighted by atomic mass is 9.99. The van der Waals surface area contributed by atoms with E-state index in [1.54, 1.807) is 0 Å². The van der Waals surface area contributed by atoms with Gasteiger partial charge in [-0.2, -0.15) is 8.78 Å². The zero-order valence-electron chi connectivity index (χ0n) is 11.7. The maximum Gasteiger partial charge on any atom is 0.341 e. The zero-order valence-corrected chi connectivity index (χ0v) is 12.5. The van der Waals surface area contributed by atoms with Gasteiger partial charge in [0.05, 0.1) is 10.9 Å². The molecule has 0 saturated carbocycles. The van der Waals surface area contributed by atoms with E-state index >= 15 is 0 Å². The van der Waals surface area contributed by atoms with Crippen molar-refractivity contribution in [3.05, 3.63) is 24.3 Å². The highest BCUT2D eigenvalue weighted by Crippen LogP contribution is 2.20. The molecule has 118 valence electrons. The maximum absolute atomic E-state index is 12.4. The van der Waals surface area contributed by atoms with Crippen molar-refractivity contribution in [2.75, 3.05) is 5.32 Å². The second-order valence-electron chi connectivity index (χ2n) is 4.73. The van der Waals surface area contributed by atoms with Crippen LogP contribution in [0.4, 0.5) is 14.5 Å². The first kappa shape index (κ1) is 17.5. The number of benzene rings is 1. The summed E-state index contributed by atoms with van der Waals surface area (Å²) in [5, 5.41) is 2.52. The minimum absolute atomic E-state index is 0.0107. The van der Waals surface area contributed by atoms with Gasteiger partial charge < -0.3 is 11.1 Å². The van der Waals surface area contributed by atoms with Gasteiger partial charge in [-0.15, -0.1) is 0 Å². The molecule has 8 heteroatoms. The number of nitrogens with one attached hydrogen (secondary N) is 1. The van der Waals surface area contributed by atoms with Gasteiger partial charge in [0, 0.05) is 5.69 Å². The van der Waals surface area contributed by atoms with Gasteiger partial charge in [0.1, 0.15) is 0 Å². The summed E-state index contributed by atoms with van der Waals surface area (Å²) in [5.41, 5.74) is 6.05. The Labute approximate surface area is 122 Å². The lowest BCUT2D eigenvalue weighted by Gasteiger charge is -2.17. The SMILES string of the molecule is CCC(C)[C@H](N)C(=O)Nc1ccc(S(=O)(=O)C(F)F)cc1. The van der Waals surface area contributed by atoms with E-state index in [1.165, 1.54) is 12.1 Å². The summed E-state index contributed by atoms with van der Waals surface area (Å²) < 4.78 is 47.2. The van der Waals surface area contributed by atoms with Crippen molar-refractivity contribution in [2.24, 2.45) is 11.7 Å². The summed E-state index contributed by atoms with van der Waals surface area (Å²) in [6.07, 6.45) is 0.736. The molecule has 0 heterocycles. The quantitative estimate of drug-likeness (QED) is 0.839. The molecule has 0 aromatic heterocycles. The molecule has 0 bridgehead atoms. The summed E-state index contributed by atoms with van der Waals surface area (Å²) >= 11 is 0. The van der Waals surface area contributed by atoms with Gasteiger partial charge in [-0.1, -0.05) is 20.3 Å². The van der Waals surface area contributed by atoms with Crippen molar-refractivity contribution >= 4 is 21.4 Å². The average Bonchev–Trinajstić information content (AvgIpc) is 2.45. The molecular weight excluding hydrogens is 302 g/mol. The van der Waals surface area contributed by atoms with Crippen LogP contribution in [0, 0.1) is 5.92 Å². The van der Waals surface area contributed by atoms with Crippen molar-refractivity contribution < 1.29 is 22.0 Å². The van der Waals surface area contributed by atoms with E-state index in [0.29, 0.717) is 5.69 Å². The van der Waals surface area contributed by atoms with E-state index in [9.17, 15) is 22.0 Å². The number of nitrogens with two attached hydrogens (primary N) is 1. The van der Waals surface area contributed by atoms with Crippen LogP contribution in [0.3, 0.4) is 0 Å². The highest BCUT2D eigenvalue weighted by molar-refractivity contribution is 7.91. The smallest absolute Gasteiger partial charge is 0.325 e. The number of hydrogen-bond donors (Lipinski definition) is 2. The van der Waals surface area contributed by atoms with Gasteiger partial charge in [-0.05, 0) is 30.2 Å². The average molecular weight is 320 g/mol. The Morgan fingerprint density at radius 1 is 1.29 bits per heavy atom. The molecule has 2 atom stereocenters. The molecule has 0 aliphatic carbocycles. The molecule has 0 fully saturated rings. The number of sulfone groups is 1. The van der Waals surface area contributed by atoms with Crippen molar-refractivity contribution in [1.82, 2.24) is 0 Å². The lowest BCUT2D eigenvalue weighted by molar-refractivity contribution is -0.118. The molecule has 0 aliphatic heterocycles.